The van der Waals surface area contributed by atoms with Gasteiger partial charge in [0.25, 0.3) is 0 Å². The number of nitrogens with one attached hydrogen (secondary N) is 1. The Kier molecular flexibility index (Phi) is 6.43. The van der Waals surface area contributed by atoms with Crippen LogP contribution in [-0.2, 0) is 11.2 Å². The molecule has 1 rings (SSSR count). The van der Waals surface area contributed by atoms with E-state index in [0.717, 1.165) is 18.4 Å². The Morgan fingerprint density at radius 3 is 2.14 bits per heavy atom. The van der Waals surface area contributed by atoms with Crippen LogP contribution in [0, 0.1) is 28.1 Å². The van der Waals surface area contributed by atoms with Crippen LogP contribution in [0.5, 0.6) is 0 Å². The summed E-state index contributed by atoms with van der Waals surface area (Å²) in [6, 6.07) is 11.5. The Balaban J connectivity index is 2.86. The molecule has 0 saturated carbocycles. The van der Waals surface area contributed by atoms with Crippen LogP contribution in [0.15, 0.2) is 24.3 Å². The van der Waals surface area contributed by atoms with Crippen LogP contribution in [0.1, 0.15) is 45.1 Å². The van der Waals surface area contributed by atoms with Gasteiger partial charge in [-0.25, -0.2) is 0 Å². The number of hydrogen-bond acceptors (Lipinski definition) is 3. The Hall–Kier alpha value is -2.33. The van der Waals surface area contributed by atoms with Crippen LogP contribution in [-0.4, -0.2) is 5.91 Å². The molecule has 4 nitrogen and oxygen atoms in total. The topological polar surface area (TPSA) is 76.7 Å². The average molecular weight is 283 g/mol. The van der Waals surface area contributed by atoms with Crippen molar-refractivity contribution in [2.75, 3.05) is 5.32 Å². The van der Waals surface area contributed by atoms with Gasteiger partial charge < -0.3 is 5.32 Å². The summed E-state index contributed by atoms with van der Waals surface area (Å²) in [5, 5.41) is 20.9. The average Bonchev–Trinajstić information content (AvgIpc) is 2.49. The maximum atomic E-state index is 12.5. The van der Waals surface area contributed by atoms with Gasteiger partial charge in [-0.05, 0) is 30.5 Å². The number of carbonyl (C=O) groups excluding carboxylic acids is 1. The zero-order valence-electron chi connectivity index (χ0n) is 12.6. The van der Waals surface area contributed by atoms with Crippen molar-refractivity contribution in [1.82, 2.24) is 0 Å². The maximum absolute atomic E-state index is 12.5. The molecular formula is C17H21N3O. The lowest BCUT2D eigenvalue weighted by Gasteiger charge is -2.24. The molecule has 110 valence electrons. The molecule has 1 aromatic carbocycles. The van der Waals surface area contributed by atoms with Gasteiger partial charge in [-0.15, -0.1) is 0 Å². The minimum Gasteiger partial charge on any atom is -0.325 e. The minimum absolute atomic E-state index is 0.235. The van der Waals surface area contributed by atoms with Crippen molar-refractivity contribution >= 4 is 11.6 Å². The summed E-state index contributed by atoms with van der Waals surface area (Å²) in [5.41, 5.74) is 0.618. The number of rotatable bonds is 7. The smallest absolute Gasteiger partial charge is 0.244 e. The first-order chi connectivity index (χ1) is 10.1. The van der Waals surface area contributed by atoms with E-state index < -0.39 is 5.41 Å². The first-order valence-electron chi connectivity index (χ1n) is 7.30. The van der Waals surface area contributed by atoms with Crippen LogP contribution in [0.3, 0.4) is 0 Å². The van der Waals surface area contributed by atoms with Gasteiger partial charge in [0.1, 0.15) is 5.41 Å². The van der Waals surface area contributed by atoms with E-state index in [-0.39, 0.29) is 5.91 Å². The van der Waals surface area contributed by atoms with Gasteiger partial charge in [0.05, 0.1) is 18.6 Å². The molecule has 0 spiro atoms. The molecule has 0 aromatic heterocycles. The largest absolute Gasteiger partial charge is 0.325 e. The Morgan fingerprint density at radius 2 is 1.71 bits per heavy atom. The van der Waals surface area contributed by atoms with E-state index in [2.05, 4.69) is 17.5 Å². The number of anilines is 1. The van der Waals surface area contributed by atoms with E-state index in [1.807, 2.05) is 26.0 Å². The number of carbonyl (C=O) groups is 1. The second-order valence-corrected chi connectivity index (χ2v) is 5.18. The van der Waals surface area contributed by atoms with Crippen molar-refractivity contribution in [3.63, 3.8) is 0 Å². The molecule has 1 amide bonds. The molecular weight excluding hydrogens is 262 g/mol. The van der Waals surface area contributed by atoms with Crippen molar-refractivity contribution in [1.29, 1.82) is 10.5 Å². The second kappa shape index (κ2) is 8.07. The van der Waals surface area contributed by atoms with E-state index >= 15 is 0 Å². The molecule has 0 bridgehead atoms. The lowest BCUT2D eigenvalue weighted by atomic mass is 9.79. The SMILES string of the molecule is CCCC(C#N)(CCC)C(=O)Nc1ccc(CC#N)cc1. The Morgan fingerprint density at radius 1 is 1.14 bits per heavy atom. The quantitative estimate of drug-likeness (QED) is 0.826. The van der Waals surface area contributed by atoms with Crippen molar-refractivity contribution in [2.45, 2.75) is 46.0 Å². The molecule has 0 radical (unpaired) electrons. The van der Waals surface area contributed by atoms with Crippen LogP contribution < -0.4 is 5.32 Å². The first kappa shape index (κ1) is 16.7. The number of amides is 1. The highest BCUT2D eigenvalue weighted by molar-refractivity contribution is 5.97. The summed E-state index contributed by atoms with van der Waals surface area (Å²) in [4.78, 5) is 12.5. The highest BCUT2D eigenvalue weighted by Gasteiger charge is 2.36. The summed E-state index contributed by atoms with van der Waals surface area (Å²) in [5.74, 6) is -0.235. The Bertz CT molecular complexity index is 543. The molecule has 0 aliphatic heterocycles. The molecule has 4 heteroatoms. The fourth-order valence-corrected chi connectivity index (χ4v) is 2.42. The first-order valence-corrected chi connectivity index (χ1v) is 7.30. The summed E-state index contributed by atoms with van der Waals surface area (Å²) >= 11 is 0. The fourth-order valence-electron chi connectivity index (χ4n) is 2.42. The van der Waals surface area contributed by atoms with Crippen molar-refractivity contribution in [3.8, 4) is 12.1 Å². The monoisotopic (exact) mass is 283 g/mol. The van der Waals surface area contributed by atoms with Crippen LogP contribution in [0.4, 0.5) is 5.69 Å². The zero-order valence-corrected chi connectivity index (χ0v) is 12.6. The molecule has 0 aliphatic carbocycles. The molecule has 21 heavy (non-hydrogen) atoms. The second-order valence-electron chi connectivity index (χ2n) is 5.18. The Labute approximate surface area is 126 Å². The van der Waals surface area contributed by atoms with Gasteiger partial charge in [0, 0.05) is 5.69 Å². The van der Waals surface area contributed by atoms with Gasteiger partial charge in [0.2, 0.25) is 5.91 Å². The van der Waals surface area contributed by atoms with Gasteiger partial charge >= 0.3 is 0 Å². The lowest BCUT2D eigenvalue weighted by Crippen LogP contribution is -2.35. The summed E-state index contributed by atoms with van der Waals surface area (Å²) < 4.78 is 0. The normalized spacial score (nSPS) is 10.5. The highest BCUT2D eigenvalue weighted by Crippen LogP contribution is 2.30. The molecule has 0 fully saturated rings. The zero-order chi connectivity index (χ0) is 15.7. The minimum atomic E-state index is -0.950. The molecule has 0 saturated heterocycles. The lowest BCUT2D eigenvalue weighted by molar-refractivity contribution is -0.123. The number of benzene rings is 1. The molecule has 0 unspecified atom stereocenters. The van der Waals surface area contributed by atoms with E-state index in [0.29, 0.717) is 24.9 Å². The third-order valence-electron chi connectivity index (χ3n) is 3.50. The predicted octanol–water partition coefficient (Wildman–Crippen LogP) is 3.80. The van der Waals surface area contributed by atoms with Crippen molar-refractivity contribution in [3.05, 3.63) is 29.8 Å². The van der Waals surface area contributed by atoms with Crippen LogP contribution in [0.2, 0.25) is 0 Å². The van der Waals surface area contributed by atoms with Crippen molar-refractivity contribution < 1.29 is 4.79 Å². The summed E-state index contributed by atoms with van der Waals surface area (Å²) in [6.45, 7) is 3.96. The van der Waals surface area contributed by atoms with Crippen molar-refractivity contribution in [2.24, 2.45) is 5.41 Å². The standard InChI is InChI=1S/C17H21N3O/c1-3-10-17(13-19,11-4-2)16(21)20-15-7-5-14(6-8-15)9-12-18/h5-8H,3-4,9-11H2,1-2H3,(H,20,21). The number of hydrogen-bond donors (Lipinski definition) is 1. The van der Waals surface area contributed by atoms with E-state index in [1.165, 1.54) is 0 Å². The third kappa shape index (κ3) is 4.33. The molecule has 0 atom stereocenters. The highest BCUT2D eigenvalue weighted by atomic mass is 16.2. The molecule has 1 aromatic rings. The van der Waals surface area contributed by atoms with Crippen LogP contribution >= 0.6 is 0 Å². The van der Waals surface area contributed by atoms with Crippen LogP contribution in [0.25, 0.3) is 0 Å². The summed E-state index contributed by atoms with van der Waals surface area (Å²) in [7, 11) is 0. The third-order valence-corrected chi connectivity index (χ3v) is 3.50. The number of nitrogens with zero attached hydrogens (tertiary/aromatic N) is 2. The maximum Gasteiger partial charge on any atom is 0.244 e. The van der Waals surface area contributed by atoms with Gasteiger partial charge in [-0.3, -0.25) is 4.79 Å². The fraction of sp³-hybridized carbons (Fsp3) is 0.471. The molecule has 0 aliphatic rings. The molecule has 0 heterocycles. The van der Waals surface area contributed by atoms with Gasteiger partial charge in [-0.2, -0.15) is 10.5 Å². The van der Waals surface area contributed by atoms with Gasteiger partial charge in [0.15, 0.2) is 0 Å². The van der Waals surface area contributed by atoms with E-state index in [4.69, 9.17) is 5.26 Å². The summed E-state index contributed by atoms with van der Waals surface area (Å²) in [6.07, 6.45) is 3.07. The number of nitriles is 2. The predicted molar refractivity (Wildman–Crippen MR) is 82.3 cm³/mol. The molecule has 1 N–H and O–H groups in total. The van der Waals surface area contributed by atoms with E-state index in [1.54, 1.807) is 12.1 Å². The van der Waals surface area contributed by atoms with Gasteiger partial charge in [-0.1, -0.05) is 38.8 Å². The van der Waals surface area contributed by atoms with E-state index in [9.17, 15) is 10.1 Å².